The number of rotatable bonds is 7. The summed E-state index contributed by atoms with van der Waals surface area (Å²) >= 11 is 6.06. The minimum Gasteiger partial charge on any atom is -0.496 e. The van der Waals surface area contributed by atoms with Gasteiger partial charge in [0.25, 0.3) is 15.9 Å². The molecule has 6 nitrogen and oxygen atoms in total. The fraction of sp³-hybridized carbons (Fsp3) is 0.174. The summed E-state index contributed by atoms with van der Waals surface area (Å²) in [5.41, 5.74) is 1.71. The van der Waals surface area contributed by atoms with Gasteiger partial charge >= 0.3 is 0 Å². The number of nitrogens with zero attached hydrogens (tertiary/aromatic N) is 2. The Labute approximate surface area is 187 Å². The molecule has 0 atom stereocenters. The Bertz CT molecular complexity index is 1170. The number of benzene rings is 3. The zero-order chi connectivity index (χ0) is 22.6. The van der Waals surface area contributed by atoms with Crippen LogP contribution < -0.4 is 9.04 Å². The summed E-state index contributed by atoms with van der Waals surface area (Å²) < 4.78 is 32.3. The Morgan fingerprint density at radius 3 is 2.23 bits per heavy atom. The van der Waals surface area contributed by atoms with Gasteiger partial charge in [0.2, 0.25) is 0 Å². The van der Waals surface area contributed by atoms with Crippen LogP contribution in [0.5, 0.6) is 5.75 Å². The Kier molecular flexibility index (Phi) is 6.87. The van der Waals surface area contributed by atoms with E-state index in [9.17, 15) is 13.2 Å². The van der Waals surface area contributed by atoms with Crippen molar-refractivity contribution in [3.63, 3.8) is 0 Å². The maximum Gasteiger partial charge on any atom is 0.264 e. The highest BCUT2D eigenvalue weighted by molar-refractivity contribution is 7.92. The Hall–Kier alpha value is -3.03. The van der Waals surface area contributed by atoms with E-state index in [2.05, 4.69) is 0 Å². The first-order valence-electron chi connectivity index (χ1n) is 9.46. The summed E-state index contributed by atoms with van der Waals surface area (Å²) in [6.07, 6.45) is 0. The van der Waals surface area contributed by atoms with E-state index in [1.807, 2.05) is 6.07 Å². The molecule has 8 heteroatoms. The van der Waals surface area contributed by atoms with Crippen LogP contribution in [-0.4, -0.2) is 40.4 Å². The fourth-order valence-electron chi connectivity index (χ4n) is 3.12. The molecule has 0 fully saturated rings. The number of carbonyl (C=O) groups excluding carboxylic acids is 1. The van der Waals surface area contributed by atoms with Crippen LogP contribution in [0.2, 0.25) is 5.02 Å². The van der Waals surface area contributed by atoms with E-state index in [0.717, 1.165) is 5.56 Å². The molecule has 3 aromatic carbocycles. The number of hydrogen-bond acceptors (Lipinski definition) is 4. The predicted octanol–water partition coefficient (Wildman–Crippen LogP) is 4.45. The van der Waals surface area contributed by atoms with Gasteiger partial charge in [-0.25, -0.2) is 8.42 Å². The molecule has 3 aromatic rings. The summed E-state index contributed by atoms with van der Waals surface area (Å²) in [6.45, 7) is 0.291. The average Bonchev–Trinajstić information content (AvgIpc) is 2.78. The van der Waals surface area contributed by atoms with Crippen molar-refractivity contribution >= 4 is 33.2 Å². The molecule has 0 N–H and O–H groups in total. The highest BCUT2D eigenvalue weighted by atomic mass is 35.5. The SMILES string of the molecule is COc1ccc(Cl)cc1CN(C)C(=O)c1ccc(S(=O)(=O)N(C)c2ccccc2)cc1. The van der Waals surface area contributed by atoms with Crippen molar-refractivity contribution in [1.29, 1.82) is 0 Å². The zero-order valence-electron chi connectivity index (χ0n) is 17.4. The van der Waals surface area contributed by atoms with Crippen molar-refractivity contribution in [2.75, 3.05) is 25.5 Å². The highest BCUT2D eigenvalue weighted by Gasteiger charge is 2.22. The van der Waals surface area contributed by atoms with Gasteiger partial charge in [-0.15, -0.1) is 0 Å². The molecule has 0 heterocycles. The number of methoxy groups -OCH3 is 1. The van der Waals surface area contributed by atoms with Crippen LogP contribution in [0, 0.1) is 0 Å². The van der Waals surface area contributed by atoms with Gasteiger partial charge in [0.15, 0.2) is 0 Å². The van der Waals surface area contributed by atoms with Crippen LogP contribution in [0.25, 0.3) is 0 Å². The van der Waals surface area contributed by atoms with Crippen LogP contribution in [0.4, 0.5) is 5.69 Å². The standard InChI is InChI=1S/C23H23ClN2O4S/c1-25(16-18-15-19(24)11-14-22(18)30-3)23(27)17-9-12-21(13-10-17)31(28,29)26(2)20-7-5-4-6-8-20/h4-15H,16H2,1-3H3. The molecule has 3 rings (SSSR count). The maximum absolute atomic E-state index is 12.9. The van der Waals surface area contributed by atoms with Crippen molar-refractivity contribution < 1.29 is 17.9 Å². The third-order valence-electron chi connectivity index (χ3n) is 4.88. The minimum atomic E-state index is -3.74. The molecule has 0 aliphatic rings. The van der Waals surface area contributed by atoms with Crippen molar-refractivity contribution in [1.82, 2.24) is 4.90 Å². The molecule has 0 radical (unpaired) electrons. The second-order valence-corrected chi connectivity index (χ2v) is 9.36. The topological polar surface area (TPSA) is 66.9 Å². The Morgan fingerprint density at radius 1 is 0.968 bits per heavy atom. The van der Waals surface area contributed by atoms with Crippen molar-refractivity contribution in [2.45, 2.75) is 11.4 Å². The molecule has 162 valence electrons. The normalized spacial score (nSPS) is 11.1. The van der Waals surface area contributed by atoms with Gasteiger partial charge in [0.05, 0.1) is 17.7 Å². The molecule has 0 saturated heterocycles. The van der Waals surface area contributed by atoms with E-state index in [1.165, 1.54) is 40.5 Å². The first-order valence-corrected chi connectivity index (χ1v) is 11.3. The number of anilines is 1. The van der Waals surface area contributed by atoms with Gasteiger partial charge in [-0.2, -0.15) is 0 Å². The lowest BCUT2D eigenvalue weighted by atomic mass is 10.1. The van der Waals surface area contributed by atoms with Gasteiger partial charge in [0, 0.05) is 36.8 Å². The van der Waals surface area contributed by atoms with E-state index in [1.54, 1.807) is 56.6 Å². The summed E-state index contributed by atoms with van der Waals surface area (Å²) in [5, 5.41) is 0.550. The minimum absolute atomic E-state index is 0.106. The molecule has 0 bridgehead atoms. The second-order valence-electron chi connectivity index (χ2n) is 6.95. The Morgan fingerprint density at radius 2 is 1.61 bits per heavy atom. The summed E-state index contributed by atoms with van der Waals surface area (Å²) in [4.78, 5) is 14.5. The molecule has 0 aliphatic carbocycles. The number of carbonyl (C=O) groups is 1. The predicted molar refractivity (Wildman–Crippen MR) is 122 cm³/mol. The maximum atomic E-state index is 12.9. The van der Waals surface area contributed by atoms with Crippen LogP contribution in [-0.2, 0) is 16.6 Å². The van der Waals surface area contributed by atoms with E-state index in [0.29, 0.717) is 28.6 Å². The number of hydrogen-bond donors (Lipinski definition) is 0. The highest BCUT2D eigenvalue weighted by Crippen LogP contribution is 2.25. The zero-order valence-corrected chi connectivity index (χ0v) is 19.0. The molecule has 0 saturated carbocycles. The van der Waals surface area contributed by atoms with Crippen LogP contribution in [0.1, 0.15) is 15.9 Å². The Balaban J connectivity index is 1.78. The lowest BCUT2D eigenvalue weighted by Gasteiger charge is -2.21. The van der Waals surface area contributed by atoms with Gasteiger partial charge in [-0.3, -0.25) is 9.10 Å². The molecule has 1 amide bonds. The monoisotopic (exact) mass is 458 g/mol. The largest absolute Gasteiger partial charge is 0.496 e. The molecule has 0 aliphatic heterocycles. The summed E-state index contributed by atoms with van der Waals surface area (Å²) in [7, 11) is 0.975. The van der Waals surface area contributed by atoms with Gasteiger partial charge < -0.3 is 9.64 Å². The van der Waals surface area contributed by atoms with E-state index >= 15 is 0 Å². The van der Waals surface area contributed by atoms with Gasteiger partial charge in [-0.1, -0.05) is 29.8 Å². The fourth-order valence-corrected chi connectivity index (χ4v) is 4.51. The number of para-hydroxylation sites is 1. The van der Waals surface area contributed by atoms with Crippen molar-refractivity contribution in [3.8, 4) is 5.75 Å². The quantitative estimate of drug-likeness (QED) is 0.524. The van der Waals surface area contributed by atoms with Crippen molar-refractivity contribution in [2.24, 2.45) is 0 Å². The average molecular weight is 459 g/mol. The number of ether oxygens (including phenoxy) is 1. The molecular formula is C23H23ClN2O4S. The number of halogens is 1. The van der Waals surface area contributed by atoms with Gasteiger partial charge in [0.1, 0.15) is 5.75 Å². The van der Waals surface area contributed by atoms with Crippen LogP contribution >= 0.6 is 11.6 Å². The third-order valence-corrected chi connectivity index (χ3v) is 6.91. The molecule has 0 aromatic heterocycles. The lowest BCUT2D eigenvalue weighted by Crippen LogP contribution is -2.27. The van der Waals surface area contributed by atoms with Crippen LogP contribution in [0.3, 0.4) is 0 Å². The number of amides is 1. The number of sulfonamides is 1. The first-order chi connectivity index (χ1) is 14.7. The smallest absolute Gasteiger partial charge is 0.264 e. The van der Waals surface area contributed by atoms with Gasteiger partial charge in [-0.05, 0) is 54.6 Å². The summed E-state index contributed by atoms with van der Waals surface area (Å²) in [5.74, 6) is 0.386. The molecular weight excluding hydrogens is 436 g/mol. The van der Waals surface area contributed by atoms with Crippen LogP contribution in [0.15, 0.2) is 77.7 Å². The third kappa shape index (κ3) is 5.00. The molecule has 0 unspecified atom stereocenters. The van der Waals surface area contributed by atoms with E-state index in [4.69, 9.17) is 16.3 Å². The first kappa shape index (κ1) is 22.7. The molecule has 31 heavy (non-hydrogen) atoms. The molecule has 0 spiro atoms. The van der Waals surface area contributed by atoms with E-state index < -0.39 is 10.0 Å². The summed E-state index contributed by atoms with van der Waals surface area (Å²) in [6, 6.07) is 19.9. The lowest BCUT2D eigenvalue weighted by molar-refractivity contribution is 0.0784. The van der Waals surface area contributed by atoms with Crippen molar-refractivity contribution in [3.05, 3.63) is 88.9 Å². The second kappa shape index (κ2) is 9.41. The van der Waals surface area contributed by atoms with E-state index in [-0.39, 0.29) is 10.8 Å².